The molecule has 2 aromatic heterocycles. The van der Waals surface area contributed by atoms with Crippen molar-refractivity contribution in [2.45, 2.75) is 91.1 Å². The first-order valence-corrected chi connectivity index (χ1v) is 14.4. The van der Waals surface area contributed by atoms with Gasteiger partial charge in [-0.1, -0.05) is 41.5 Å². The highest BCUT2D eigenvalue weighted by Crippen LogP contribution is 2.44. The normalized spacial score (nSPS) is 15.2. The number of methoxy groups -OCH3 is 1. The number of piperidine rings is 1. The molecule has 0 radical (unpaired) electrons. The molecule has 1 saturated heterocycles. The summed E-state index contributed by atoms with van der Waals surface area (Å²) >= 11 is 1.76. The maximum atomic E-state index is 12.9. The molecule has 206 valence electrons. The van der Waals surface area contributed by atoms with E-state index < -0.39 is 0 Å². The van der Waals surface area contributed by atoms with E-state index in [1.165, 1.54) is 20.6 Å². The van der Waals surface area contributed by atoms with Crippen LogP contribution in [0.25, 0.3) is 10.6 Å². The van der Waals surface area contributed by atoms with E-state index in [2.05, 4.69) is 53.7 Å². The van der Waals surface area contributed by atoms with Crippen LogP contribution in [0.3, 0.4) is 0 Å². The zero-order valence-electron chi connectivity index (χ0n) is 24.1. The van der Waals surface area contributed by atoms with E-state index in [0.717, 1.165) is 29.2 Å². The maximum Gasteiger partial charge on any atom is 0.328 e. The molecule has 0 aliphatic carbocycles. The number of hydrogen-bond acceptors (Lipinski definition) is 5. The van der Waals surface area contributed by atoms with Gasteiger partial charge in [-0.25, -0.2) is 9.78 Å². The molecule has 38 heavy (non-hydrogen) atoms. The molecule has 0 unspecified atom stereocenters. The van der Waals surface area contributed by atoms with Crippen molar-refractivity contribution in [3.05, 3.63) is 57.2 Å². The first-order valence-electron chi connectivity index (χ1n) is 13.6. The van der Waals surface area contributed by atoms with Crippen molar-refractivity contribution < 1.29 is 9.53 Å². The van der Waals surface area contributed by atoms with Gasteiger partial charge in [0, 0.05) is 59.8 Å². The molecule has 1 amide bonds. The van der Waals surface area contributed by atoms with E-state index in [-0.39, 0.29) is 29.0 Å². The zero-order chi connectivity index (χ0) is 27.8. The number of hydrogen-bond donors (Lipinski definition) is 0. The smallest absolute Gasteiger partial charge is 0.328 e. The summed E-state index contributed by atoms with van der Waals surface area (Å²) in [6.07, 6.45) is 7.27. The van der Waals surface area contributed by atoms with E-state index in [1.807, 2.05) is 18.0 Å². The van der Waals surface area contributed by atoms with Crippen molar-refractivity contribution in [1.82, 2.24) is 19.0 Å². The molecule has 0 spiro atoms. The average Bonchev–Trinajstić information content (AvgIpc) is 3.49. The molecule has 0 bridgehead atoms. The molecule has 7 nitrogen and oxygen atoms in total. The van der Waals surface area contributed by atoms with Crippen LogP contribution in [-0.2, 0) is 28.7 Å². The van der Waals surface area contributed by atoms with Crippen molar-refractivity contribution in [2.75, 3.05) is 20.2 Å². The Kier molecular flexibility index (Phi) is 7.94. The van der Waals surface area contributed by atoms with Gasteiger partial charge in [0.2, 0.25) is 5.91 Å². The summed E-state index contributed by atoms with van der Waals surface area (Å²) in [5.41, 5.74) is 3.26. The molecular weight excluding hydrogens is 496 g/mol. The van der Waals surface area contributed by atoms with Crippen LogP contribution in [0, 0.1) is 0 Å². The Labute approximate surface area is 230 Å². The Hall–Kier alpha value is -2.87. The minimum absolute atomic E-state index is 0.00653. The van der Waals surface area contributed by atoms with Crippen molar-refractivity contribution >= 4 is 17.2 Å². The van der Waals surface area contributed by atoms with Gasteiger partial charge in [-0.2, -0.15) is 0 Å². The fourth-order valence-corrected chi connectivity index (χ4v) is 6.24. The fraction of sp³-hybridized carbons (Fsp3) is 0.567. The molecule has 4 rings (SSSR count). The summed E-state index contributed by atoms with van der Waals surface area (Å²) in [6, 6.07) is 4.48. The lowest BCUT2D eigenvalue weighted by atomic mass is 9.78. The van der Waals surface area contributed by atoms with E-state index in [1.54, 1.807) is 35.4 Å². The minimum atomic E-state index is -0.129. The lowest BCUT2D eigenvalue weighted by molar-refractivity contribution is -0.132. The van der Waals surface area contributed by atoms with Crippen molar-refractivity contribution in [3.8, 4) is 16.3 Å². The maximum absolute atomic E-state index is 12.9. The summed E-state index contributed by atoms with van der Waals surface area (Å²) in [6.45, 7) is 17.4. The summed E-state index contributed by atoms with van der Waals surface area (Å²) in [5, 5.41) is 1.02. The Morgan fingerprint density at radius 1 is 1.03 bits per heavy atom. The van der Waals surface area contributed by atoms with Gasteiger partial charge >= 0.3 is 5.69 Å². The number of aryl methyl sites for hydroxylation is 1. The van der Waals surface area contributed by atoms with Gasteiger partial charge in [0.1, 0.15) is 17.3 Å². The highest BCUT2D eigenvalue weighted by atomic mass is 32.1. The first-order chi connectivity index (χ1) is 17.8. The molecule has 1 aliphatic heterocycles. The third kappa shape index (κ3) is 5.75. The highest BCUT2D eigenvalue weighted by Gasteiger charge is 2.29. The van der Waals surface area contributed by atoms with Crippen molar-refractivity contribution in [2.24, 2.45) is 0 Å². The minimum Gasteiger partial charge on any atom is -0.496 e. The zero-order valence-corrected chi connectivity index (χ0v) is 24.9. The molecule has 8 heteroatoms. The lowest BCUT2D eigenvalue weighted by Crippen LogP contribution is -2.41. The number of ether oxygens (including phenoxy) is 1. The number of amides is 1. The van der Waals surface area contributed by atoms with Crippen LogP contribution in [0.2, 0.25) is 0 Å². The average molecular weight is 539 g/mol. The second-order valence-electron chi connectivity index (χ2n) is 12.3. The summed E-state index contributed by atoms with van der Waals surface area (Å²) in [7, 11) is 1.76. The standard InChI is InChI=1S/C30H42N4O3S/c1-9-32-14-15-34(28(32)36)19-25(35)33-12-10-20(11-13-33)24-18-31-27(38-24)21-16-22(29(2,3)4)26(37-8)23(17-21)30(5,6)7/h14-18,20H,9-13,19H2,1-8H3. The number of aromatic nitrogens is 3. The lowest BCUT2D eigenvalue weighted by Gasteiger charge is -2.31. The fourth-order valence-electron chi connectivity index (χ4n) is 5.17. The van der Waals surface area contributed by atoms with Gasteiger partial charge in [0.25, 0.3) is 0 Å². The number of carbonyl (C=O) groups excluding carboxylic acids is 1. The molecule has 0 atom stereocenters. The van der Waals surface area contributed by atoms with Gasteiger partial charge in [-0.05, 0) is 48.6 Å². The summed E-state index contributed by atoms with van der Waals surface area (Å²) in [5.74, 6) is 1.36. The van der Waals surface area contributed by atoms with Crippen LogP contribution in [0.4, 0.5) is 0 Å². The molecule has 1 fully saturated rings. The van der Waals surface area contributed by atoms with E-state index in [4.69, 9.17) is 9.72 Å². The van der Waals surface area contributed by atoms with E-state index in [9.17, 15) is 9.59 Å². The predicted octanol–water partition coefficient (Wildman–Crippen LogP) is 5.80. The van der Waals surface area contributed by atoms with E-state index in [0.29, 0.717) is 25.6 Å². The Balaban J connectivity index is 1.50. The predicted molar refractivity (Wildman–Crippen MR) is 154 cm³/mol. The summed E-state index contributed by atoms with van der Waals surface area (Å²) in [4.78, 5) is 33.2. The van der Waals surface area contributed by atoms with Crippen LogP contribution in [0.5, 0.6) is 5.75 Å². The van der Waals surface area contributed by atoms with Gasteiger partial charge < -0.3 is 9.64 Å². The second kappa shape index (κ2) is 10.7. The van der Waals surface area contributed by atoms with Gasteiger partial charge in [0.15, 0.2) is 0 Å². The van der Waals surface area contributed by atoms with Crippen LogP contribution in [0.15, 0.2) is 35.5 Å². The Bertz CT molecular complexity index is 1310. The molecule has 3 heterocycles. The SMILES string of the molecule is CCn1ccn(CC(=O)N2CCC(c3cnc(-c4cc(C(C)(C)C)c(OC)c(C(C)(C)C)c4)s3)CC2)c1=O. The third-order valence-corrected chi connectivity index (χ3v) is 8.70. The van der Waals surface area contributed by atoms with Gasteiger partial charge in [-0.15, -0.1) is 11.3 Å². The monoisotopic (exact) mass is 538 g/mol. The van der Waals surface area contributed by atoms with Gasteiger partial charge in [0.05, 0.1) is 7.11 Å². The number of likely N-dealkylation sites (tertiary alicyclic amines) is 1. The molecule has 0 N–H and O–H groups in total. The van der Waals surface area contributed by atoms with Crippen LogP contribution >= 0.6 is 11.3 Å². The largest absolute Gasteiger partial charge is 0.496 e. The molecule has 1 aromatic carbocycles. The third-order valence-electron chi connectivity index (χ3n) is 7.49. The highest BCUT2D eigenvalue weighted by molar-refractivity contribution is 7.15. The van der Waals surface area contributed by atoms with Crippen LogP contribution in [-0.4, -0.2) is 45.1 Å². The number of carbonyl (C=O) groups is 1. The van der Waals surface area contributed by atoms with Crippen LogP contribution < -0.4 is 10.4 Å². The summed E-state index contributed by atoms with van der Waals surface area (Å²) < 4.78 is 9.04. The number of nitrogens with zero attached hydrogens (tertiary/aromatic N) is 4. The number of imidazole rings is 1. The topological polar surface area (TPSA) is 69.4 Å². The Morgan fingerprint density at radius 3 is 2.11 bits per heavy atom. The quantitative estimate of drug-likeness (QED) is 0.398. The van der Waals surface area contributed by atoms with E-state index >= 15 is 0 Å². The second-order valence-corrected chi connectivity index (χ2v) is 13.4. The van der Waals surface area contributed by atoms with Gasteiger partial charge in [-0.3, -0.25) is 13.9 Å². The molecular formula is C30H42N4O3S. The number of thiazole rings is 1. The Morgan fingerprint density at radius 2 is 1.61 bits per heavy atom. The van der Waals surface area contributed by atoms with Crippen LogP contribution in [0.1, 0.15) is 83.2 Å². The number of benzene rings is 1. The molecule has 1 aliphatic rings. The molecule has 3 aromatic rings. The van der Waals surface area contributed by atoms with Crippen molar-refractivity contribution in [1.29, 1.82) is 0 Å². The number of rotatable bonds is 6. The van der Waals surface area contributed by atoms with Crippen molar-refractivity contribution in [3.63, 3.8) is 0 Å². The first kappa shape index (κ1) is 28.1. The molecule has 0 saturated carbocycles.